The Morgan fingerprint density at radius 3 is 2.41 bits per heavy atom. The monoisotopic (exact) mass is 456 g/mol. The molecule has 2 aromatic heterocycles. The summed E-state index contributed by atoms with van der Waals surface area (Å²) >= 11 is 0. The van der Waals surface area contributed by atoms with Gasteiger partial charge in [0.15, 0.2) is 5.65 Å². The second kappa shape index (κ2) is 9.76. The molecule has 0 aliphatic carbocycles. The van der Waals surface area contributed by atoms with Crippen molar-refractivity contribution in [2.75, 3.05) is 25.5 Å². The number of rotatable bonds is 10. The van der Waals surface area contributed by atoms with Gasteiger partial charge < -0.3 is 10.2 Å². The van der Waals surface area contributed by atoms with Gasteiger partial charge in [0, 0.05) is 11.6 Å². The minimum absolute atomic E-state index is 0.0897. The van der Waals surface area contributed by atoms with Gasteiger partial charge >= 0.3 is 6.18 Å². The standard InChI is InChI=1S/C21H25F5N6/c1-3-16(30-18-17-11-29-31-19(17)28-13-27-18)5-4-10-32(2)12-20(22,23)14-6-8-15(9-7-14)21(24,25)26/h6-9,11,13,16H,3-5,10,12H2,1-2H3,(H2,27,28,29,30,31). The van der Waals surface area contributed by atoms with Crippen LogP contribution in [0.3, 0.4) is 0 Å². The van der Waals surface area contributed by atoms with Crippen molar-refractivity contribution in [2.24, 2.45) is 0 Å². The Hall–Kier alpha value is -2.82. The van der Waals surface area contributed by atoms with Crippen molar-refractivity contribution in [2.45, 2.75) is 44.3 Å². The van der Waals surface area contributed by atoms with Crippen molar-refractivity contribution < 1.29 is 22.0 Å². The van der Waals surface area contributed by atoms with Crippen molar-refractivity contribution in [1.82, 2.24) is 25.1 Å². The molecule has 11 heteroatoms. The topological polar surface area (TPSA) is 69.7 Å². The van der Waals surface area contributed by atoms with Gasteiger partial charge in [0.25, 0.3) is 5.92 Å². The van der Waals surface area contributed by atoms with E-state index in [0.717, 1.165) is 30.4 Å². The van der Waals surface area contributed by atoms with Crippen LogP contribution in [-0.2, 0) is 12.1 Å². The summed E-state index contributed by atoms with van der Waals surface area (Å²) in [5.41, 5.74) is -0.749. The molecule has 0 saturated carbocycles. The number of anilines is 1. The summed E-state index contributed by atoms with van der Waals surface area (Å²) in [5, 5.41) is 10.9. The summed E-state index contributed by atoms with van der Waals surface area (Å²) in [4.78, 5) is 9.83. The van der Waals surface area contributed by atoms with Crippen molar-refractivity contribution in [3.05, 3.63) is 47.9 Å². The van der Waals surface area contributed by atoms with Gasteiger partial charge in [0.2, 0.25) is 0 Å². The third-order valence-electron chi connectivity index (χ3n) is 5.28. The maximum Gasteiger partial charge on any atom is 0.416 e. The first-order chi connectivity index (χ1) is 15.1. The average molecular weight is 456 g/mol. The number of hydrogen-bond donors (Lipinski definition) is 2. The van der Waals surface area contributed by atoms with E-state index >= 15 is 0 Å². The molecule has 3 aromatic rings. The van der Waals surface area contributed by atoms with Gasteiger partial charge in [0.1, 0.15) is 12.1 Å². The molecule has 174 valence electrons. The molecule has 0 fully saturated rings. The van der Waals surface area contributed by atoms with Crippen molar-refractivity contribution in [3.8, 4) is 0 Å². The van der Waals surface area contributed by atoms with Gasteiger partial charge in [-0.1, -0.05) is 19.1 Å². The highest BCUT2D eigenvalue weighted by atomic mass is 19.4. The fraction of sp³-hybridized carbons (Fsp3) is 0.476. The van der Waals surface area contributed by atoms with E-state index in [1.54, 1.807) is 13.2 Å². The third-order valence-corrected chi connectivity index (χ3v) is 5.28. The highest BCUT2D eigenvalue weighted by Crippen LogP contribution is 2.33. The molecule has 0 amide bonds. The van der Waals surface area contributed by atoms with E-state index in [-0.39, 0.29) is 6.04 Å². The lowest BCUT2D eigenvalue weighted by atomic mass is 10.0. The number of alkyl halides is 5. The van der Waals surface area contributed by atoms with E-state index in [1.807, 2.05) is 6.92 Å². The molecule has 2 heterocycles. The van der Waals surface area contributed by atoms with E-state index in [1.165, 1.54) is 11.2 Å². The molecule has 6 nitrogen and oxygen atoms in total. The normalized spacial score (nSPS) is 13.6. The summed E-state index contributed by atoms with van der Waals surface area (Å²) in [6.07, 6.45) is 0.729. The number of nitrogens with zero attached hydrogens (tertiary/aromatic N) is 4. The fourth-order valence-electron chi connectivity index (χ4n) is 3.47. The van der Waals surface area contributed by atoms with Crippen LogP contribution in [0.5, 0.6) is 0 Å². The Kier molecular flexibility index (Phi) is 7.27. The molecule has 0 bridgehead atoms. The summed E-state index contributed by atoms with van der Waals surface area (Å²) in [6, 6.07) is 3.14. The average Bonchev–Trinajstić information content (AvgIpc) is 3.22. The van der Waals surface area contributed by atoms with E-state index in [9.17, 15) is 22.0 Å². The van der Waals surface area contributed by atoms with Gasteiger partial charge in [0.05, 0.1) is 23.7 Å². The Bertz CT molecular complexity index is 1000. The summed E-state index contributed by atoms with van der Waals surface area (Å²) < 4.78 is 67.0. The minimum Gasteiger partial charge on any atom is -0.367 e. The van der Waals surface area contributed by atoms with Crippen LogP contribution in [0, 0.1) is 0 Å². The molecule has 0 saturated heterocycles. The number of nitrogens with one attached hydrogen (secondary N) is 2. The minimum atomic E-state index is -4.55. The molecular formula is C21H25F5N6. The molecule has 0 radical (unpaired) electrons. The summed E-state index contributed by atoms with van der Waals surface area (Å²) in [7, 11) is 1.58. The largest absolute Gasteiger partial charge is 0.416 e. The second-order valence-electron chi connectivity index (χ2n) is 7.76. The Balaban J connectivity index is 1.51. The van der Waals surface area contributed by atoms with Gasteiger partial charge in [-0.3, -0.25) is 5.10 Å². The van der Waals surface area contributed by atoms with Gasteiger partial charge in [-0.2, -0.15) is 27.1 Å². The van der Waals surface area contributed by atoms with Gasteiger partial charge in [-0.25, -0.2) is 9.97 Å². The molecule has 1 atom stereocenters. The Labute approximate surface area is 182 Å². The number of benzene rings is 1. The Morgan fingerprint density at radius 1 is 1.06 bits per heavy atom. The van der Waals surface area contributed by atoms with Crippen LogP contribution in [0.15, 0.2) is 36.8 Å². The first kappa shape index (κ1) is 23.8. The molecule has 0 aliphatic rings. The fourth-order valence-corrected chi connectivity index (χ4v) is 3.47. The smallest absolute Gasteiger partial charge is 0.367 e. The van der Waals surface area contributed by atoms with Crippen LogP contribution in [-0.4, -0.2) is 51.2 Å². The number of hydrogen-bond acceptors (Lipinski definition) is 5. The molecule has 0 spiro atoms. The first-order valence-electron chi connectivity index (χ1n) is 10.2. The van der Waals surface area contributed by atoms with Crippen LogP contribution >= 0.6 is 0 Å². The lowest BCUT2D eigenvalue weighted by molar-refractivity contribution is -0.137. The zero-order chi connectivity index (χ0) is 23.4. The molecule has 0 aliphatic heterocycles. The number of aromatic amines is 1. The highest BCUT2D eigenvalue weighted by molar-refractivity contribution is 5.85. The number of halogens is 5. The second-order valence-corrected chi connectivity index (χ2v) is 7.76. The maximum absolute atomic E-state index is 14.5. The number of likely N-dealkylation sites (N-methyl/N-ethyl adjacent to an activating group) is 1. The zero-order valence-corrected chi connectivity index (χ0v) is 17.8. The summed E-state index contributed by atoms with van der Waals surface area (Å²) in [5.74, 6) is -2.59. The zero-order valence-electron chi connectivity index (χ0n) is 17.8. The predicted octanol–water partition coefficient (Wildman–Crippen LogP) is 5.07. The SMILES string of the molecule is CCC(CCCN(C)CC(F)(F)c1ccc(C(F)(F)F)cc1)Nc1ncnc2[nH]ncc12. The van der Waals surface area contributed by atoms with Crippen LogP contribution in [0.1, 0.15) is 37.3 Å². The number of H-pyrrole nitrogens is 1. The molecule has 1 aromatic carbocycles. The van der Waals surface area contributed by atoms with Crippen molar-refractivity contribution >= 4 is 16.9 Å². The van der Waals surface area contributed by atoms with E-state index < -0.39 is 29.8 Å². The quantitative estimate of drug-likeness (QED) is 0.417. The highest BCUT2D eigenvalue weighted by Gasteiger charge is 2.35. The lowest BCUT2D eigenvalue weighted by Crippen LogP contribution is -2.33. The molecule has 3 rings (SSSR count). The van der Waals surface area contributed by atoms with E-state index in [2.05, 4.69) is 25.5 Å². The number of fused-ring (bicyclic) bond motifs is 1. The molecule has 1 unspecified atom stereocenters. The van der Waals surface area contributed by atoms with E-state index in [0.29, 0.717) is 36.6 Å². The third kappa shape index (κ3) is 5.90. The van der Waals surface area contributed by atoms with Crippen LogP contribution in [0.4, 0.5) is 27.8 Å². The van der Waals surface area contributed by atoms with Crippen LogP contribution in [0.25, 0.3) is 11.0 Å². The van der Waals surface area contributed by atoms with Crippen LogP contribution < -0.4 is 5.32 Å². The Morgan fingerprint density at radius 2 is 1.75 bits per heavy atom. The molecule has 2 N–H and O–H groups in total. The molecular weight excluding hydrogens is 431 g/mol. The predicted molar refractivity (Wildman–Crippen MR) is 111 cm³/mol. The van der Waals surface area contributed by atoms with Gasteiger partial charge in [-0.05, 0) is 45.0 Å². The first-order valence-corrected chi connectivity index (χ1v) is 10.2. The van der Waals surface area contributed by atoms with Crippen molar-refractivity contribution in [1.29, 1.82) is 0 Å². The number of aromatic nitrogens is 4. The van der Waals surface area contributed by atoms with Crippen LogP contribution in [0.2, 0.25) is 0 Å². The van der Waals surface area contributed by atoms with E-state index in [4.69, 9.17) is 0 Å². The maximum atomic E-state index is 14.5. The van der Waals surface area contributed by atoms with Crippen molar-refractivity contribution in [3.63, 3.8) is 0 Å². The van der Waals surface area contributed by atoms with Gasteiger partial charge in [-0.15, -0.1) is 0 Å². The summed E-state index contributed by atoms with van der Waals surface area (Å²) in [6.45, 7) is 1.86. The molecule has 32 heavy (non-hydrogen) atoms. The lowest BCUT2D eigenvalue weighted by Gasteiger charge is -2.25.